The number of benzene rings is 1. The second kappa shape index (κ2) is 5.12. The second-order valence-corrected chi connectivity index (χ2v) is 6.42. The van der Waals surface area contributed by atoms with Gasteiger partial charge in [-0.15, -0.1) is 0 Å². The Balaban J connectivity index is 2.15. The van der Waals surface area contributed by atoms with Crippen LogP contribution in [0.1, 0.15) is 18.2 Å². The summed E-state index contributed by atoms with van der Waals surface area (Å²) in [5.41, 5.74) is 3.39. The van der Waals surface area contributed by atoms with Gasteiger partial charge in [0.15, 0.2) is 0 Å². The fraction of sp³-hybridized carbons (Fsp3) is 0.385. The molecule has 0 spiro atoms. The molecule has 0 unspecified atom stereocenters. The number of hydrogen-bond acceptors (Lipinski definition) is 2. The Morgan fingerprint density at radius 1 is 1.28 bits per heavy atom. The van der Waals surface area contributed by atoms with E-state index in [1.165, 1.54) is 10.9 Å². The van der Waals surface area contributed by atoms with Gasteiger partial charge in [-0.2, -0.15) is 0 Å². The summed E-state index contributed by atoms with van der Waals surface area (Å²) in [7, 11) is -3.10. The first-order chi connectivity index (χ1) is 8.53. The summed E-state index contributed by atoms with van der Waals surface area (Å²) in [4.78, 5) is 3.31. The Labute approximate surface area is 107 Å². The molecule has 0 aliphatic rings. The molecule has 0 radical (unpaired) electrons. The number of sulfonamides is 1. The van der Waals surface area contributed by atoms with E-state index in [1.54, 1.807) is 6.92 Å². The molecule has 0 aliphatic heterocycles. The van der Waals surface area contributed by atoms with Gasteiger partial charge >= 0.3 is 0 Å². The molecule has 0 amide bonds. The van der Waals surface area contributed by atoms with Crippen LogP contribution in [0.2, 0.25) is 0 Å². The first-order valence-corrected chi connectivity index (χ1v) is 7.72. The molecule has 0 bridgehead atoms. The number of H-pyrrole nitrogens is 1. The summed E-state index contributed by atoms with van der Waals surface area (Å²) in [6.45, 7) is 4.10. The summed E-state index contributed by atoms with van der Waals surface area (Å²) in [5, 5.41) is 1.17. The van der Waals surface area contributed by atoms with Crippen LogP contribution in [0, 0.1) is 6.92 Å². The molecule has 4 nitrogen and oxygen atoms in total. The van der Waals surface area contributed by atoms with Gasteiger partial charge < -0.3 is 4.98 Å². The summed E-state index contributed by atoms with van der Waals surface area (Å²) < 4.78 is 25.3. The zero-order chi connectivity index (χ0) is 13.2. The van der Waals surface area contributed by atoms with Crippen molar-refractivity contribution in [1.29, 1.82) is 0 Å². The van der Waals surface area contributed by atoms with Crippen molar-refractivity contribution in [2.45, 2.75) is 20.3 Å². The zero-order valence-corrected chi connectivity index (χ0v) is 11.5. The Morgan fingerprint density at radius 3 is 2.72 bits per heavy atom. The Hall–Kier alpha value is -1.33. The van der Waals surface area contributed by atoms with Crippen molar-refractivity contribution >= 4 is 20.9 Å². The lowest BCUT2D eigenvalue weighted by molar-refractivity contribution is 0.583. The number of rotatable bonds is 5. The molecular weight excluding hydrogens is 248 g/mol. The Kier molecular flexibility index (Phi) is 3.73. The van der Waals surface area contributed by atoms with Gasteiger partial charge in [0.2, 0.25) is 10.0 Å². The van der Waals surface area contributed by atoms with E-state index in [1.807, 2.05) is 25.1 Å². The van der Waals surface area contributed by atoms with Crippen molar-refractivity contribution in [2.75, 3.05) is 12.3 Å². The van der Waals surface area contributed by atoms with Gasteiger partial charge in [-0.1, -0.05) is 18.2 Å². The molecule has 0 saturated heterocycles. The normalized spacial score (nSPS) is 12.1. The third-order valence-electron chi connectivity index (χ3n) is 3.10. The first-order valence-electron chi connectivity index (χ1n) is 6.07. The maximum atomic E-state index is 11.4. The summed E-state index contributed by atoms with van der Waals surface area (Å²) in [5.74, 6) is 0.125. The predicted molar refractivity (Wildman–Crippen MR) is 74.2 cm³/mol. The highest BCUT2D eigenvalue weighted by Gasteiger charge is 2.09. The van der Waals surface area contributed by atoms with E-state index in [9.17, 15) is 8.42 Å². The molecule has 0 fully saturated rings. The van der Waals surface area contributed by atoms with E-state index in [4.69, 9.17) is 0 Å². The van der Waals surface area contributed by atoms with Crippen LogP contribution in [0.5, 0.6) is 0 Å². The molecule has 1 heterocycles. The van der Waals surface area contributed by atoms with Crippen LogP contribution in [0.3, 0.4) is 0 Å². The van der Waals surface area contributed by atoms with Gasteiger partial charge in [0.1, 0.15) is 0 Å². The highest BCUT2D eigenvalue weighted by Crippen LogP contribution is 2.21. The van der Waals surface area contributed by atoms with Crippen LogP contribution < -0.4 is 4.72 Å². The quantitative estimate of drug-likeness (QED) is 0.869. The van der Waals surface area contributed by atoms with Gasteiger partial charge in [0.25, 0.3) is 0 Å². The smallest absolute Gasteiger partial charge is 0.211 e. The van der Waals surface area contributed by atoms with Crippen molar-refractivity contribution in [3.8, 4) is 0 Å². The van der Waals surface area contributed by atoms with E-state index in [0.717, 1.165) is 11.2 Å². The van der Waals surface area contributed by atoms with Crippen LogP contribution in [0.4, 0.5) is 0 Å². The SMILES string of the molecule is CCS(=O)(=O)NCCc1c(C)[nH]c2ccccc12. The fourth-order valence-electron chi connectivity index (χ4n) is 2.09. The average Bonchev–Trinajstić information content (AvgIpc) is 2.66. The van der Waals surface area contributed by atoms with Crippen LogP contribution in [0.25, 0.3) is 10.9 Å². The minimum absolute atomic E-state index is 0.125. The van der Waals surface area contributed by atoms with Crippen molar-refractivity contribution in [2.24, 2.45) is 0 Å². The molecular formula is C13H18N2O2S. The molecule has 0 aliphatic carbocycles. The molecule has 0 saturated carbocycles. The number of aromatic nitrogens is 1. The zero-order valence-electron chi connectivity index (χ0n) is 10.7. The van der Waals surface area contributed by atoms with E-state index < -0.39 is 10.0 Å². The largest absolute Gasteiger partial charge is 0.358 e. The van der Waals surface area contributed by atoms with E-state index >= 15 is 0 Å². The van der Waals surface area contributed by atoms with E-state index in [-0.39, 0.29) is 5.75 Å². The van der Waals surface area contributed by atoms with Crippen molar-refractivity contribution in [3.05, 3.63) is 35.5 Å². The van der Waals surface area contributed by atoms with Gasteiger partial charge in [-0.05, 0) is 31.9 Å². The number of para-hydroxylation sites is 1. The monoisotopic (exact) mass is 266 g/mol. The second-order valence-electron chi connectivity index (χ2n) is 4.32. The van der Waals surface area contributed by atoms with Crippen molar-refractivity contribution in [1.82, 2.24) is 9.71 Å². The summed E-state index contributed by atoms with van der Waals surface area (Å²) >= 11 is 0. The lowest BCUT2D eigenvalue weighted by Gasteiger charge is -2.04. The molecule has 98 valence electrons. The third kappa shape index (κ3) is 2.73. The minimum Gasteiger partial charge on any atom is -0.358 e. The number of aromatic amines is 1. The molecule has 18 heavy (non-hydrogen) atoms. The van der Waals surface area contributed by atoms with Gasteiger partial charge in [0, 0.05) is 23.1 Å². The van der Waals surface area contributed by atoms with Gasteiger partial charge in [0.05, 0.1) is 5.75 Å². The Bertz CT molecular complexity index is 644. The lowest BCUT2D eigenvalue weighted by Crippen LogP contribution is -2.27. The van der Waals surface area contributed by atoms with Crippen molar-refractivity contribution < 1.29 is 8.42 Å². The highest BCUT2D eigenvalue weighted by atomic mass is 32.2. The third-order valence-corrected chi connectivity index (χ3v) is 4.51. The van der Waals surface area contributed by atoms with Gasteiger partial charge in [-0.3, -0.25) is 0 Å². The number of fused-ring (bicyclic) bond motifs is 1. The lowest BCUT2D eigenvalue weighted by atomic mass is 10.1. The van der Waals surface area contributed by atoms with Crippen LogP contribution in [0.15, 0.2) is 24.3 Å². The van der Waals surface area contributed by atoms with Crippen LogP contribution >= 0.6 is 0 Å². The topological polar surface area (TPSA) is 62.0 Å². The molecule has 1 aromatic heterocycles. The first kappa shape index (κ1) is 13.1. The van der Waals surface area contributed by atoms with E-state index in [0.29, 0.717) is 13.0 Å². The maximum Gasteiger partial charge on any atom is 0.211 e. The van der Waals surface area contributed by atoms with Crippen LogP contribution in [-0.2, 0) is 16.4 Å². The summed E-state index contributed by atoms with van der Waals surface area (Å²) in [6, 6.07) is 8.07. The molecule has 5 heteroatoms. The molecule has 2 rings (SSSR count). The molecule has 0 atom stereocenters. The molecule has 2 N–H and O–H groups in total. The molecule has 1 aromatic carbocycles. The van der Waals surface area contributed by atoms with Crippen LogP contribution in [-0.4, -0.2) is 25.7 Å². The number of nitrogens with one attached hydrogen (secondary N) is 2. The van der Waals surface area contributed by atoms with E-state index in [2.05, 4.69) is 15.8 Å². The fourth-order valence-corrected chi connectivity index (χ4v) is 2.71. The minimum atomic E-state index is -3.10. The highest BCUT2D eigenvalue weighted by molar-refractivity contribution is 7.89. The predicted octanol–water partition coefficient (Wildman–Crippen LogP) is 1.96. The standard InChI is InChI=1S/C13H18N2O2S/c1-3-18(16,17)14-9-8-11-10(2)15-13-7-5-4-6-12(11)13/h4-7,14-15H,3,8-9H2,1-2H3. The number of aryl methyl sites for hydroxylation is 1. The Morgan fingerprint density at radius 2 is 2.00 bits per heavy atom. The molecule has 2 aromatic rings. The number of hydrogen-bond donors (Lipinski definition) is 2. The van der Waals surface area contributed by atoms with Gasteiger partial charge in [-0.25, -0.2) is 13.1 Å². The summed E-state index contributed by atoms with van der Waals surface area (Å²) in [6.07, 6.45) is 0.703. The average molecular weight is 266 g/mol. The van der Waals surface area contributed by atoms with Crippen molar-refractivity contribution in [3.63, 3.8) is 0 Å². The maximum absolute atomic E-state index is 11.4.